The van der Waals surface area contributed by atoms with E-state index >= 15 is 0 Å². The predicted octanol–water partition coefficient (Wildman–Crippen LogP) is 2.40. The Morgan fingerprint density at radius 2 is 1.96 bits per heavy atom. The molecular weight excluding hydrogens is 308 g/mol. The first-order valence-electron chi connectivity index (χ1n) is 8.26. The summed E-state index contributed by atoms with van der Waals surface area (Å²) in [7, 11) is 0. The number of amides is 2. The van der Waals surface area contributed by atoms with Crippen LogP contribution in [0.2, 0.25) is 0 Å². The van der Waals surface area contributed by atoms with E-state index in [1.165, 1.54) is 0 Å². The van der Waals surface area contributed by atoms with E-state index in [0.29, 0.717) is 11.7 Å². The number of aliphatic hydroxyl groups excluding tert-OH is 1. The zero-order valence-electron chi connectivity index (χ0n) is 13.6. The number of hydrogen-bond donors (Lipinski definition) is 3. The molecule has 0 saturated heterocycles. The van der Waals surface area contributed by atoms with E-state index in [1.807, 2.05) is 37.3 Å². The molecule has 1 unspecified atom stereocenters. The summed E-state index contributed by atoms with van der Waals surface area (Å²) < 4.78 is 5.25. The molecule has 7 heteroatoms. The molecule has 128 valence electrons. The lowest BCUT2D eigenvalue weighted by molar-refractivity contribution is 0.117. The summed E-state index contributed by atoms with van der Waals surface area (Å²) >= 11 is 0. The number of carbonyl (C=O) groups is 1. The van der Waals surface area contributed by atoms with Gasteiger partial charge in [0.05, 0.1) is 12.1 Å². The molecule has 1 atom stereocenters. The second kappa shape index (κ2) is 7.44. The monoisotopic (exact) mass is 330 g/mol. The third kappa shape index (κ3) is 4.11. The third-order valence-corrected chi connectivity index (χ3v) is 4.23. The number of benzene rings is 1. The van der Waals surface area contributed by atoms with Crippen molar-refractivity contribution in [2.45, 2.75) is 50.8 Å². The molecule has 1 saturated carbocycles. The summed E-state index contributed by atoms with van der Waals surface area (Å²) in [5, 5.41) is 19.2. The van der Waals surface area contributed by atoms with Gasteiger partial charge in [0.15, 0.2) is 5.82 Å². The van der Waals surface area contributed by atoms with Crippen molar-refractivity contribution in [3.63, 3.8) is 0 Å². The van der Waals surface area contributed by atoms with E-state index in [0.717, 1.165) is 31.2 Å². The average molecular weight is 330 g/mol. The van der Waals surface area contributed by atoms with Crippen LogP contribution in [-0.2, 0) is 0 Å². The van der Waals surface area contributed by atoms with Crippen molar-refractivity contribution >= 4 is 6.03 Å². The quantitative estimate of drug-likeness (QED) is 0.799. The zero-order valence-corrected chi connectivity index (χ0v) is 13.6. The minimum Gasteiger partial charge on any atom is -0.393 e. The van der Waals surface area contributed by atoms with Crippen LogP contribution in [0.1, 0.15) is 44.5 Å². The zero-order chi connectivity index (χ0) is 16.9. The lowest BCUT2D eigenvalue weighted by Crippen LogP contribution is -2.45. The number of rotatable bonds is 4. The number of nitrogens with zero attached hydrogens (tertiary/aromatic N) is 2. The van der Waals surface area contributed by atoms with E-state index in [2.05, 4.69) is 20.8 Å². The molecule has 24 heavy (non-hydrogen) atoms. The van der Waals surface area contributed by atoms with Gasteiger partial charge in [0.2, 0.25) is 0 Å². The van der Waals surface area contributed by atoms with Crippen LogP contribution in [0.25, 0.3) is 11.5 Å². The van der Waals surface area contributed by atoms with Gasteiger partial charge < -0.3 is 20.3 Å². The molecule has 2 amide bonds. The largest absolute Gasteiger partial charge is 0.393 e. The molecule has 1 aliphatic rings. The maximum atomic E-state index is 12.1. The Hall–Kier alpha value is -2.41. The molecule has 3 N–H and O–H groups in total. The fourth-order valence-electron chi connectivity index (χ4n) is 2.82. The van der Waals surface area contributed by atoms with Gasteiger partial charge in [0.25, 0.3) is 5.89 Å². The van der Waals surface area contributed by atoms with E-state index in [-0.39, 0.29) is 24.2 Å². The van der Waals surface area contributed by atoms with Gasteiger partial charge in [-0.2, -0.15) is 4.98 Å². The van der Waals surface area contributed by atoms with Gasteiger partial charge in [0.1, 0.15) is 0 Å². The molecule has 0 bridgehead atoms. The highest BCUT2D eigenvalue weighted by Gasteiger charge is 2.22. The van der Waals surface area contributed by atoms with Crippen molar-refractivity contribution in [2.75, 3.05) is 0 Å². The predicted molar refractivity (Wildman–Crippen MR) is 88.1 cm³/mol. The third-order valence-electron chi connectivity index (χ3n) is 4.23. The number of hydrogen-bond acceptors (Lipinski definition) is 5. The van der Waals surface area contributed by atoms with Gasteiger partial charge in [0, 0.05) is 11.6 Å². The average Bonchev–Trinajstić information content (AvgIpc) is 3.08. The van der Waals surface area contributed by atoms with Crippen molar-refractivity contribution in [1.29, 1.82) is 0 Å². The molecule has 1 heterocycles. The van der Waals surface area contributed by atoms with Crippen molar-refractivity contribution in [1.82, 2.24) is 20.8 Å². The minimum absolute atomic E-state index is 0.103. The molecule has 0 spiro atoms. The summed E-state index contributed by atoms with van der Waals surface area (Å²) in [6.07, 6.45) is 2.81. The van der Waals surface area contributed by atoms with Crippen molar-refractivity contribution in [3.8, 4) is 11.5 Å². The second-order valence-electron chi connectivity index (χ2n) is 6.17. The second-order valence-corrected chi connectivity index (χ2v) is 6.17. The van der Waals surface area contributed by atoms with Gasteiger partial charge in [-0.05, 0) is 44.7 Å². The first-order valence-corrected chi connectivity index (χ1v) is 8.26. The Labute approximate surface area is 140 Å². The molecule has 1 aliphatic carbocycles. The fraction of sp³-hybridized carbons (Fsp3) is 0.471. The Morgan fingerprint density at radius 3 is 2.67 bits per heavy atom. The van der Waals surface area contributed by atoms with Crippen LogP contribution in [-0.4, -0.2) is 33.4 Å². The van der Waals surface area contributed by atoms with Crippen molar-refractivity contribution < 1.29 is 14.4 Å². The summed E-state index contributed by atoms with van der Waals surface area (Å²) in [6.45, 7) is 1.81. The Morgan fingerprint density at radius 1 is 1.25 bits per heavy atom. The normalized spacial score (nSPS) is 21.9. The van der Waals surface area contributed by atoms with Crippen molar-refractivity contribution in [2.24, 2.45) is 0 Å². The maximum Gasteiger partial charge on any atom is 0.315 e. The van der Waals surface area contributed by atoms with Crippen molar-refractivity contribution in [3.05, 3.63) is 36.2 Å². The summed E-state index contributed by atoms with van der Waals surface area (Å²) in [4.78, 5) is 16.4. The van der Waals surface area contributed by atoms with Gasteiger partial charge in [-0.15, -0.1) is 0 Å². The van der Waals surface area contributed by atoms with E-state index in [4.69, 9.17) is 4.52 Å². The summed E-state index contributed by atoms with van der Waals surface area (Å²) in [5.74, 6) is 0.865. The van der Waals surface area contributed by atoms with Crippen LogP contribution in [0.4, 0.5) is 4.79 Å². The summed E-state index contributed by atoms with van der Waals surface area (Å²) in [5.41, 5.74) is 0.841. The van der Waals surface area contributed by atoms with E-state index in [9.17, 15) is 9.90 Å². The first kappa shape index (κ1) is 16.4. The topological polar surface area (TPSA) is 100 Å². The number of aromatic nitrogens is 2. The minimum atomic E-state index is -0.361. The molecule has 2 aromatic rings. The Kier molecular flexibility index (Phi) is 5.10. The van der Waals surface area contributed by atoms with Crippen LogP contribution >= 0.6 is 0 Å². The Balaban J connectivity index is 1.54. The molecule has 0 radical (unpaired) electrons. The van der Waals surface area contributed by atoms with Gasteiger partial charge in [-0.25, -0.2) is 4.79 Å². The van der Waals surface area contributed by atoms with Gasteiger partial charge >= 0.3 is 6.03 Å². The van der Waals surface area contributed by atoms with Gasteiger partial charge in [-0.3, -0.25) is 0 Å². The molecule has 1 aromatic heterocycles. The fourth-order valence-corrected chi connectivity index (χ4v) is 2.82. The smallest absolute Gasteiger partial charge is 0.315 e. The lowest BCUT2D eigenvalue weighted by atomic mass is 9.93. The van der Waals surface area contributed by atoms with Crippen LogP contribution in [0, 0.1) is 0 Å². The molecule has 1 fully saturated rings. The summed E-state index contributed by atoms with van der Waals surface area (Å²) in [6, 6.07) is 8.98. The molecule has 1 aromatic carbocycles. The maximum absolute atomic E-state index is 12.1. The Bertz CT molecular complexity index is 665. The number of carbonyl (C=O) groups excluding carboxylic acids is 1. The molecule has 0 aliphatic heterocycles. The highest BCUT2D eigenvalue weighted by molar-refractivity contribution is 5.74. The molecule has 3 rings (SSSR count). The molecule has 7 nitrogen and oxygen atoms in total. The van der Waals surface area contributed by atoms with E-state index < -0.39 is 0 Å². The number of aliphatic hydroxyl groups is 1. The standard InChI is InChI=1S/C17H22N4O3/c1-11(18-17(23)19-13-7-9-14(22)10-8-13)15-20-16(24-21-15)12-5-3-2-4-6-12/h2-6,11,13-14,22H,7-10H2,1H3,(H2,18,19,23). The highest BCUT2D eigenvalue weighted by atomic mass is 16.5. The van der Waals surface area contributed by atoms with Crippen LogP contribution in [0.5, 0.6) is 0 Å². The van der Waals surface area contributed by atoms with Crippen LogP contribution in [0.3, 0.4) is 0 Å². The highest BCUT2D eigenvalue weighted by Crippen LogP contribution is 2.20. The van der Waals surface area contributed by atoms with E-state index in [1.54, 1.807) is 0 Å². The first-order chi connectivity index (χ1) is 11.6. The van der Waals surface area contributed by atoms with Gasteiger partial charge in [-0.1, -0.05) is 23.4 Å². The number of urea groups is 1. The lowest BCUT2D eigenvalue weighted by Gasteiger charge is -2.26. The molecular formula is C17H22N4O3. The van der Waals surface area contributed by atoms with Crippen LogP contribution in [0.15, 0.2) is 34.9 Å². The SMILES string of the molecule is CC(NC(=O)NC1CCC(O)CC1)c1noc(-c2ccccc2)n1. The van der Waals surface area contributed by atoms with Crippen LogP contribution < -0.4 is 10.6 Å². The number of nitrogens with one attached hydrogen (secondary N) is 2.